The van der Waals surface area contributed by atoms with E-state index >= 15 is 0 Å². The minimum absolute atomic E-state index is 0.150. The summed E-state index contributed by atoms with van der Waals surface area (Å²) in [7, 11) is 0. The molecule has 0 aliphatic carbocycles. The number of rotatable bonds is 6. The third-order valence-electron chi connectivity index (χ3n) is 4.37. The fourth-order valence-corrected chi connectivity index (χ4v) is 3.02. The number of benzene rings is 1. The van der Waals surface area contributed by atoms with E-state index in [0.29, 0.717) is 16.9 Å². The molecule has 6 nitrogen and oxygen atoms in total. The molecular weight excluding hydrogens is 373 g/mol. The summed E-state index contributed by atoms with van der Waals surface area (Å²) in [6.07, 6.45) is -1.25. The Morgan fingerprint density at radius 3 is 2.79 bits per heavy atom. The van der Waals surface area contributed by atoms with Crippen molar-refractivity contribution in [2.24, 2.45) is 0 Å². The molecule has 1 aromatic heterocycles. The van der Waals surface area contributed by atoms with Crippen LogP contribution in [-0.2, 0) is 0 Å². The number of nitrogens with zero attached hydrogens (tertiary/aromatic N) is 2. The second-order valence-corrected chi connectivity index (χ2v) is 6.43. The molecule has 0 radical (unpaired) electrons. The Morgan fingerprint density at radius 2 is 2.11 bits per heavy atom. The van der Waals surface area contributed by atoms with Crippen molar-refractivity contribution in [1.82, 2.24) is 15.3 Å². The highest BCUT2D eigenvalue weighted by molar-refractivity contribution is 5.65. The van der Waals surface area contributed by atoms with Gasteiger partial charge in [-0.15, -0.1) is 13.2 Å². The molecule has 150 valence electrons. The first-order valence-electron chi connectivity index (χ1n) is 8.82. The number of hydrogen-bond donors (Lipinski definition) is 3. The van der Waals surface area contributed by atoms with Crippen molar-refractivity contribution in [2.75, 3.05) is 25.0 Å². The minimum atomic E-state index is -4.75. The van der Waals surface area contributed by atoms with Gasteiger partial charge in [0.15, 0.2) is 0 Å². The molecule has 1 atom stereocenters. The Labute approximate surface area is 160 Å². The highest BCUT2D eigenvalue weighted by Gasteiger charge is 2.31. The first-order chi connectivity index (χ1) is 13.3. The molecule has 0 bridgehead atoms. The Kier molecular flexibility index (Phi) is 6.15. The first kappa shape index (κ1) is 20.1. The largest absolute Gasteiger partial charge is 0.573 e. The van der Waals surface area contributed by atoms with E-state index in [9.17, 15) is 18.3 Å². The highest BCUT2D eigenvalue weighted by atomic mass is 19.4. The second-order valence-electron chi connectivity index (χ2n) is 6.43. The van der Waals surface area contributed by atoms with Gasteiger partial charge >= 0.3 is 6.36 Å². The van der Waals surface area contributed by atoms with E-state index in [1.165, 1.54) is 24.5 Å². The van der Waals surface area contributed by atoms with Gasteiger partial charge in [0.2, 0.25) is 0 Å². The number of aryl methyl sites for hydroxylation is 1. The molecule has 2 aromatic rings. The van der Waals surface area contributed by atoms with Crippen LogP contribution in [0.15, 0.2) is 36.7 Å². The second kappa shape index (κ2) is 8.57. The standard InChI is InChI=1S/C19H21F3N4O2/c1-12-8-14(28-19(20,21)22)2-3-15(12)17(27)10-24-18-9-16(25-11-26-18)13-4-6-23-7-5-13/h2-4,8-9,11,17,23,27H,5-7,10H2,1H3,(H,24,25,26). The Bertz CT molecular complexity index is 855. The Hall–Kier alpha value is -2.65. The van der Waals surface area contributed by atoms with Gasteiger partial charge in [0, 0.05) is 19.2 Å². The number of alkyl halides is 3. The SMILES string of the molecule is Cc1cc(OC(F)(F)F)ccc1C(O)CNc1cc(C2=CCNCC2)ncn1. The maximum absolute atomic E-state index is 12.3. The van der Waals surface area contributed by atoms with E-state index in [0.717, 1.165) is 30.8 Å². The summed E-state index contributed by atoms with van der Waals surface area (Å²) in [5, 5.41) is 16.7. The van der Waals surface area contributed by atoms with Gasteiger partial charge < -0.3 is 20.5 Å². The maximum atomic E-state index is 12.3. The molecule has 1 unspecified atom stereocenters. The van der Waals surface area contributed by atoms with E-state index < -0.39 is 12.5 Å². The molecule has 28 heavy (non-hydrogen) atoms. The van der Waals surface area contributed by atoms with Crippen LogP contribution in [0, 0.1) is 6.92 Å². The van der Waals surface area contributed by atoms with Crippen LogP contribution in [0.2, 0.25) is 0 Å². The molecule has 2 heterocycles. The number of aromatic nitrogens is 2. The fraction of sp³-hybridized carbons (Fsp3) is 0.368. The number of aliphatic hydroxyl groups excluding tert-OH is 1. The zero-order valence-electron chi connectivity index (χ0n) is 15.3. The lowest BCUT2D eigenvalue weighted by Crippen LogP contribution is -2.20. The van der Waals surface area contributed by atoms with Crippen LogP contribution >= 0.6 is 0 Å². The van der Waals surface area contributed by atoms with Crippen molar-refractivity contribution in [3.63, 3.8) is 0 Å². The molecule has 1 aliphatic rings. The van der Waals surface area contributed by atoms with E-state index in [1.54, 1.807) is 6.92 Å². The van der Waals surface area contributed by atoms with E-state index in [1.807, 2.05) is 6.07 Å². The van der Waals surface area contributed by atoms with E-state index in [-0.39, 0.29) is 12.3 Å². The van der Waals surface area contributed by atoms with Gasteiger partial charge in [-0.1, -0.05) is 12.1 Å². The quantitative estimate of drug-likeness (QED) is 0.698. The average Bonchev–Trinajstić information content (AvgIpc) is 2.66. The lowest BCUT2D eigenvalue weighted by atomic mass is 10.0. The molecule has 0 amide bonds. The topological polar surface area (TPSA) is 79.3 Å². The molecule has 3 N–H and O–H groups in total. The number of aliphatic hydroxyl groups is 1. The number of ether oxygens (including phenoxy) is 1. The van der Waals surface area contributed by atoms with Crippen LogP contribution in [-0.4, -0.2) is 41.1 Å². The van der Waals surface area contributed by atoms with Crippen molar-refractivity contribution in [3.05, 3.63) is 53.5 Å². The fourth-order valence-electron chi connectivity index (χ4n) is 3.02. The number of nitrogens with one attached hydrogen (secondary N) is 2. The average molecular weight is 394 g/mol. The van der Waals surface area contributed by atoms with Crippen molar-refractivity contribution < 1.29 is 23.0 Å². The van der Waals surface area contributed by atoms with Crippen molar-refractivity contribution >= 4 is 11.4 Å². The van der Waals surface area contributed by atoms with Gasteiger partial charge in [-0.3, -0.25) is 0 Å². The smallest absolute Gasteiger partial charge is 0.406 e. The molecule has 0 saturated heterocycles. The molecular formula is C19H21F3N4O2. The van der Waals surface area contributed by atoms with Gasteiger partial charge in [0.25, 0.3) is 0 Å². The Balaban J connectivity index is 1.64. The molecule has 0 saturated carbocycles. The van der Waals surface area contributed by atoms with Crippen LogP contribution < -0.4 is 15.4 Å². The van der Waals surface area contributed by atoms with Crippen LogP contribution in [0.4, 0.5) is 19.0 Å². The summed E-state index contributed by atoms with van der Waals surface area (Å²) in [6, 6.07) is 5.68. The van der Waals surface area contributed by atoms with Gasteiger partial charge in [0.1, 0.15) is 17.9 Å². The molecule has 1 aliphatic heterocycles. The highest BCUT2D eigenvalue weighted by Crippen LogP contribution is 2.27. The lowest BCUT2D eigenvalue weighted by molar-refractivity contribution is -0.274. The van der Waals surface area contributed by atoms with Gasteiger partial charge in [-0.2, -0.15) is 0 Å². The maximum Gasteiger partial charge on any atom is 0.573 e. The minimum Gasteiger partial charge on any atom is -0.406 e. The predicted molar refractivity (Wildman–Crippen MR) is 98.8 cm³/mol. The molecule has 1 aromatic carbocycles. The normalized spacial score (nSPS) is 15.7. The third kappa shape index (κ3) is 5.43. The van der Waals surface area contributed by atoms with E-state index in [2.05, 4.69) is 31.4 Å². The zero-order valence-corrected chi connectivity index (χ0v) is 15.3. The number of halogens is 3. The molecule has 3 rings (SSSR count). The van der Waals surface area contributed by atoms with Crippen LogP contribution in [0.25, 0.3) is 5.57 Å². The number of hydrogen-bond acceptors (Lipinski definition) is 6. The Morgan fingerprint density at radius 1 is 1.29 bits per heavy atom. The van der Waals surface area contributed by atoms with Gasteiger partial charge in [-0.25, -0.2) is 9.97 Å². The summed E-state index contributed by atoms with van der Waals surface area (Å²) in [5.74, 6) is 0.253. The van der Waals surface area contributed by atoms with Crippen molar-refractivity contribution in [1.29, 1.82) is 0 Å². The molecule has 9 heteroatoms. The van der Waals surface area contributed by atoms with Gasteiger partial charge in [0.05, 0.1) is 11.8 Å². The van der Waals surface area contributed by atoms with Crippen molar-refractivity contribution in [2.45, 2.75) is 25.8 Å². The summed E-state index contributed by atoms with van der Waals surface area (Å²) < 4.78 is 40.8. The monoisotopic (exact) mass is 394 g/mol. The summed E-state index contributed by atoms with van der Waals surface area (Å²) in [5.41, 5.74) is 2.98. The van der Waals surface area contributed by atoms with Crippen LogP contribution in [0.5, 0.6) is 5.75 Å². The van der Waals surface area contributed by atoms with Crippen molar-refractivity contribution in [3.8, 4) is 5.75 Å². The molecule has 0 spiro atoms. The summed E-state index contributed by atoms with van der Waals surface area (Å²) >= 11 is 0. The van der Waals surface area contributed by atoms with Crippen LogP contribution in [0.3, 0.4) is 0 Å². The van der Waals surface area contributed by atoms with Gasteiger partial charge in [-0.05, 0) is 48.7 Å². The summed E-state index contributed by atoms with van der Waals surface area (Å²) in [6.45, 7) is 3.46. The predicted octanol–water partition coefficient (Wildman–Crippen LogP) is 3.21. The van der Waals surface area contributed by atoms with Crippen LogP contribution in [0.1, 0.15) is 29.3 Å². The van der Waals surface area contributed by atoms with E-state index in [4.69, 9.17) is 0 Å². The summed E-state index contributed by atoms with van der Waals surface area (Å²) in [4.78, 5) is 8.44. The number of anilines is 1. The first-order valence-corrected chi connectivity index (χ1v) is 8.82. The molecule has 0 fully saturated rings. The third-order valence-corrected chi connectivity index (χ3v) is 4.37. The lowest BCUT2D eigenvalue weighted by Gasteiger charge is -2.17. The zero-order chi connectivity index (χ0) is 20.1.